The average Bonchev–Trinajstić information content (AvgIpc) is 2.48. The Hall–Kier alpha value is -0.590. The lowest BCUT2D eigenvalue weighted by molar-refractivity contribution is 0.0160. The summed E-state index contributed by atoms with van der Waals surface area (Å²) in [5, 5.41) is 10.5. The number of alkyl halides is 1. The number of benzene rings is 1. The highest BCUT2D eigenvalue weighted by Gasteiger charge is 2.24. The number of amides is 1. The summed E-state index contributed by atoms with van der Waals surface area (Å²) in [4.78, 5) is 14.2. The number of halogens is 2. The van der Waals surface area contributed by atoms with E-state index in [9.17, 15) is 9.90 Å². The van der Waals surface area contributed by atoms with Gasteiger partial charge in [0.05, 0.1) is 17.2 Å². The molecule has 1 aliphatic rings. The van der Waals surface area contributed by atoms with Crippen LogP contribution >= 0.6 is 31.9 Å². The summed E-state index contributed by atoms with van der Waals surface area (Å²) in [6.45, 7) is 2.10. The summed E-state index contributed by atoms with van der Waals surface area (Å²) in [7, 11) is 0. The number of phenolic OH excluding ortho intramolecular Hbond substituents is 1. The molecule has 0 bridgehead atoms. The van der Waals surface area contributed by atoms with Crippen LogP contribution in [-0.2, 0) is 4.74 Å². The lowest BCUT2D eigenvalue weighted by atomic mass is 10.1. The zero-order chi connectivity index (χ0) is 14.5. The molecule has 0 spiro atoms. The highest BCUT2D eigenvalue weighted by molar-refractivity contribution is 9.10. The third-order valence-corrected chi connectivity index (χ3v) is 4.35. The summed E-state index contributed by atoms with van der Waals surface area (Å²) in [6, 6.07) is 4.91. The number of likely N-dealkylation sites (tertiary alicyclic amines) is 1. The van der Waals surface area contributed by atoms with Gasteiger partial charge in [-0.05, 0) is 47.0 Å². The van der Waals surface area contributed by atoms with Gasteiger partial charge in [-0.1, -0.05) is 15.9 Å². The van der Waals surface area contributed by atoms with E-state index in [4.69, 9.17) is 4.74 Å². The Bertz CT molecular complexity index is 473. The molecule has 1 fully saturated rings. The number of hydrogen-bond acceptors (Lipinski definition) is 3. The third kappa shape index (κ3) is 3.96. The zero-order valence-electron chi connectivity index (χ0n) is 11.0. The third-order valence-electron chi connectivity index (χ3n) is 3.35. The molecule has 1 aromatic carbocycles. The Morgan fingerprint density at radius 3 is 2.70 bits per heavy atom. The number of ether oxygens (including phenoxy) is 1. The fraction of sp³-hybridized carbons (Fsp3) is 0.500. The summed E-state index contributed by atoms with van der Waals surface area (Å²) in [5.74, 6) is 0.0538. The van der Waals surface area contributed by atoms with Crippen LogP contribution < -0.4 is 0 Å². The summed E-state index contributed by atoms with van der Waals surface area (Å²) in [6.07, 6.45) is 1.97. The van der Waals surface area contributed by atoms with Crippen molar-refractivity contribution in [3.8, 4) is 5.75 Å². The fourth-order valence-electron chi connectivity index (χ4n) is 2.27. The van der Waals surface area contributed by atoms with Crippen LogP contribution in [0, 0.1) is 0 Å². The van der Waals surface area contributed by atoms with Gasteiger partial charge in [0.15, 0.2) is 0 Å². The van der Waals surface area contributed by atoms with Gasteiger partial charge in [0.1, 0.15) is 5.75 Å². The summed E-state index contributed by atoms with van der Waals surface area (Å²) >= 11 is 6.55. The molecule has 1 aromatic rings. The van der Waals surface area contributed by atoms with Crippen molar-refractivity contribution in [3.63, 3.8) is 0 Å². The van der Waals surface area contributed by atoms with E-state index in [-0.39, 0.29) is 17.8 Å². The molecule has 0 radical (unpaired) electrons. The minimum atomic E-state index is -0.0354. The molecule has 0 saturated carbocycles. The van der Waals surface area contributed by atoms with E-state index in [1.54, 1.807) is 12.1 Å². The van der Waals surface area contributed by atoms with Crippen LogP contribution in [0.1, 0.15) is 23.2 Å². The number of rotatable bonds is 4. The highest BCUT2D eigenvalue weighted by atomic mass is 79.9. The highest BCUT2D eigenvalue weighted by Crippen LogP contribution is 2.25. The average molecular weight is 407 g/mol. The quantitative estimate of drug-likeness (QED) is 0.781. The molecule has 1 amide bonds. The Balaban J connectivity index is 1.92. The standard InChI is InChI=1S/C14H17Br2NO3/c15-5-8-20-11-3-6-17(7-4-11)14(19)10-1-2-12(16)13(18)9-10/h1-2,9,11,18H,3-8H2. The van der Waals surface area contributed by atoms with Gasteiger partial charge in [0.25, 0.3) is 5.91 Å². The number of piperidine rings is 1. The molecule has 0 unspecified atom stereocenters. The van der Waals surface area contributed by atoms with Crippen molar-refractivity contribution in [2.45, 2.75) is 18.9 Å². The molecular formula is C14H17Br2NO3. The first-order valence-corrected chi connectivity index (χ1v) is 8.48. The number of hydrogen-bond donors (Lipinski definition) is 1. The van der Waals surface area contributed by atoms with Crippen LogP contribution in [0.3, 0.4) is 0 Å². The number of carbonyl (C=O) groups excluding carboxylic acids is 1. The zero-order valence-corrected chi connectivity index (χ0v) is 14.2. The van der Waals surface area contributed by atoms with E-state index in [0.29, 0.717) is 29.7 Å². The van der Waals surface area contributed by atoms with Crippen LogP contribution in [0.2, 0.25) is 0 Å². The number of phenols is 1. The van der Waals surface area contributed by atoms with E-state index >= 15 is 0 Å². The topological polar surface area (TPSA) is 49.8 Å². The SMILES string of the molecule is O=C(c1ccc(Br)c(O)c1)N1CCC(OCCBr)CC1. The Kier molecular flexibility index (Phi) is 5.86. The van der Waals surface area contributed by atoms with Gasteiger partial charge in [0.2, 0.25) is 0 Å². The van der Waals surface area contributed by atoms with Crippen LogP contribution in [0.25, 0.3) is 0 Å². The first-order valence-electron chi connectivity index (χ1n) is 6.57. The minimum Gasteiger partial charge on any atom is -0.507 e. The van der Waals surface area contributed by atoms with Crippen molar-refractivity contribution in [1.82, 2.24) is 4.90 Å². The second-order valence-corrected chi connectivity index (χ2v) is 6.36. The maximum absolute atomic E-state index is 12.3. The van der Waals surface area contributed by atoms with Crippen molar-refractivity contribution in [1.29, 1.82) is 0 Å². The van der Waals surface area contributed by atoms with Crippen LogP contribution in [0.5, 0.6) is 5.75 Å². The molecule has 1 saturated heterocycles. The minimum absolute atomic E-state index is 0.0354. The first kappa shape index (κ1) is 15.8. The summed E-state index contributed by atoms with van der Waals surface area (Å²) < 4.78 is 6.26. The molecule has 0 aliphatic carbocycles. The molecule has 1 aliphatic heterocycles. The maximum Gasteiger partial charge on any atom is 0.253 e. The predicted octanol–water partition coefficient (Wildman–Crippen LogP) is 3.17. The Morgan fingerprint density at radius 2 is 2.10 bits per heavy atom. The molecule has 1 heterocycles. The lowest BCUT2D eigenvalue weighted by Gasteiger charge is -2.32. The largest absolute Gasteiger partial charge is 0.507 e. The monoisotopic (exact) mass is 405 g/mol. The second-order valence-electron chi connectivity index (χ2n) is 4.72. The van der Waals surface area contributed by atoms with Gasteiger partial charge in [-0.2, -0.15) is 0 Å². The van der Waals surface area contributed by atoms with Gasteiger partial charge >= 0.3 is 0 Å². The van der Waals surface area contributed by atoms with Gasteiger partial charge in [0, 0.05) is 24.0 Å². The number of nitrogens with zero attached hydrogens (tertiary/aromatic N) is 1. The molecule has 110 valence electrons. The lowest BCUT2D eigenvalue weighted by Crippen LogP contribution is -2.41. The van der Waals surface area contributed by atoms with Gasteiger partial charge in [-0.15, -0.1) is 0 Å². The molecule has 4 nitrogen and oxygen atoms in total. The van der Waals surface area contributed by atoms with Gasteiger partial charge < -0.3 is 14.7 Å². The summed E-state index contributed by atoms with van der Waals surface area (Å²) in [5.41, 5.74) is 0.519. The molecule has 6 heteroatoms. The van der Waals surface area contributed by atoms with Crippen molar-refractivity contribution in [2.24, 2.45) is 0 Å². The molecule has 1 N–H and O–H groups in total. The van der Waals surface area contributed by atoms with Crippen molar-refractivity contribution < 1.29 is 14.6 Å². The molecule has 0 atom stereocenters. The molecule has 20 heavy (non-hydrogen) atoms. The van der Waals surface area contributed by atoms with Crippen LogP contribution in [0.15, 0.2) is 22.7 Å². The van der Waals surface area contributed by atoms with Crippen LogP contribution in [-0.4, -0.2) is 47.0 Å². The smallest absolute Gasteiger partial charge is 0.253 e. The van der Waals surface area contributed by atoms with Crippen molar-refractivity contribution in [3.05, 3.63) is 28.2 Å². The van der Waals surface area contributed by atoms with E-state index in [1.165, 1.54) is 6.07 Å². The van der Waals surface area contributed by atoms with Crippen LogP contribution in [0.4, 0.5) is 0 Å². The van der Waals surface area contributed by atoms with Crippen molar-refractivity contribution in [2.75, 3.05) is 25.0 Å². The normalized spacial score (nSPS) is 16.4. The predicted molar refractivity (Wildman–Crippen MR) is 84.5 cm³/mol. The van der Waals surface area contributed by atoms with E-state index in [2.05, 4.69) is 31.9 Å². The van der Waals surface area contributed by atoms with Gasteiger partial charge in [-0.25, -0.2) is 0 Å². The Labute approximate surface area is 135 Å². The molecule has 0 aromatic heterocycles. The molecule has 2 rings (SSSR count). The van der Waals surface area contributed by atoms with E-state index < -0.39 is 0 Å². The fourth-order valence-corrected chi connectivity index (χ4v) is 2.70. The van der Waals surface area contributed by atoms with Gasteiger partial charge in [-0.3, -0.25) is 4.79 Å². The molecular weight excluding hydrogens is 390 g/mol. The van der Waals surface area contributed by atoms with Crippen molar-refractivity contribution >= 4 is 37.8 Å². The first-order chi connectivity index (χ1) is 9.61. The Morgan fingerprint density at radius 1 is 1.40 bits per heavy atom. The second kappa shape index (κ2) is 7.43. The van der Waals surface area contributed by atoms with E-state index in [1.807, 2.05) is 4.90 Å². The maximum atomic E-state index is 12.3. The number of aromatic hydroxyl groups is 1. The van der Waals surface area contributed by atoms with E-state index in [0.717, 1.165) is 18.2 Å². The number of carbonyl (C=O) groups is 1.